The van der Waals surface area contributed by atoms with Crippen LogP contribution in [0.15, 0.2) is 0 Å². The number of hydrogen-bond donors (Lipinski definition) is 1. The topological polar surface area (TPSA) is 37.3 Å². The lowest BCUT2D eigenvalue weighted by Crippen LogP contribution is -2.17. The van der Waals surface area contributed by atoms with Crippen LogP contribution < -0.4 is 0 Å². The number of carboxylic acids is 1. The molecule has 0 bridgehead atoms. The van der Waals surface area contributed by atoms with Crippen LogP contribution in [-0.4, -0.2) is 11.1 Å². The zero-order chi connectivity index (χ0) is 13.8. The number of carboxylic acid groups (broad SMARTS) is 1. The fourth-order valence-corrected chi connectivity index (χ4v) is 2.49. The van der Waals surface area contributed by atoms with Crippen LogP contribution in [0.5, 0.6) is 0 Å². The van der Waals surface area contributed by atoms with Gasteiger partial charge in [0.15, 0.2) is 0 Å². The quantitative estimate of drug-likeness (QED) is 0.483. The van der Waals surface area contributed by atoms with Gasteiger partial charge in [0, 0.05) is 0 Å². The second kappa shape index (κ2) is 11.6. The molecular formula is C16H32O2. The SMILES string of the molecule is CCCCCCCC(C)CC(CCCC)C(=O)O. The van der Waals surface area contributed by atoms with E-state index in [9.17, 15) is 9.90 Å². The molecule has 2 heteroatoms. The third kappa shape index (κ3) is 9.49. The summed E-state index contributed by atoms with van der Waals surface area (Å²) >= 11 is 0. The Morgan fingerprint density at radius 1 is 0.944 bits per heavy atom. The second-order valence-electron chi connectivity index (χ2n) is 5.72. The fraction of sp³-hybridized carbons (Fsp3) is 0.938. The van der Waals surface area contributed by atoms with E-state index >= 15 is 0 Å². The van der Waals surface area contributed by atoms with Gasteiger partial charge in [0.1, 0.15) is 0 Å². The highest BCUT2D eigenvalue weighted by Crippen LogP contribution is 2.22. The molecule has 0 aromatic heterocycles. The van der Waals surface area contributed by atoms with E-state index in [1.54, 1.807) is 0 Å². The first-order valence-electron chi connectivity index (χ1n) is 7.84. The van der Waals surface area contributed by atoms with Crippen molar-refractivity contribution in [1.29, 1.82) is 0 Å². The molecule has 0 aromatic carbocycles. The lowest BCUT2D eigenvalue weighted by Gasteiger charge is -2.17. The van der Waals surface area contributed by atoms with Gasteiger partial charge < -0.3 is 5.11 Å². The Morgan fingerprint density at radius 2 is 1.56 bits per heavy atom. The number of aliphatic carboxylic acids is 1. The van der Waals surface area contributed by atoms with Crippen LogP contribution in [-0.2, 0) is 4.79 Å². The highest BCUT2D eigenvalue weighted by atomic mass is 16.4. The maximum absolute atomic E-state index is 11.2. The molecule has 0 saturated carbocycles. The molecule has 1 N–H and O–H groups in total. The van der Waals surface area contributed by atoms with Gasteiger partial charge in [-0.1, -0.05) is 72.1 Å². The Balaban J connectivity index is 3.73. The Labute approximate surface area is 113 Å². The monoisotopic (exact) mass is 256 g/mol. The van der Waals surface area contributed by atoms with Crippen LogP contribution in [0, 0.1) is 11.8 Å². The molecule has 0 amide bonds. The zero-order valence-electron chi connectivity index (χ0n) is 12.6. The molecule has 0 aliphatic rings. The highest BCUT2D eigenvalue weighted by Gasteiger charge is 2.19. The van der Waals surface area contributed by atoms with E-state index in [4.69, 9.17) is 0 Å². The van der Waals surface area contributed by atoms with E-state index in [-0.39, 0.29) is 5.92 Å². The molecule has 0 aliphatic heterocycles. The summed E-state index contributed by atoms with van der Waals surface area (Å²) in [5.74, 6) is -0.151. The molecule has 0 aromatic rings. The number of unbranched alkanes of at least 4 members (excludes halogenated alkanes) is 5. The van der Waals surface area contributed by atoms with E-state index in [0.717, 1.165) is 25.7 Å². The first kappa shape index (κ1) is 17.5. The molecular weight excluding hydrogens is 224 g/mol. The summed E-state index contributed by atoms with van der Waals surface area (Å²) < 4.78 is 0. The fourth-order valence-electron chi connectivity index (χ4n) is 2.49. The van der Waals surface area contributed by atoms with Gasteiger partial charge in [-0.2, -0.15) is 0 Å². The van der Waals surface area contributed by atoms with E-state index in [0.29, 0.717) is 5.92 Å². The number of hydrogen-bond acceptors (Lipinski definition) is 1. The van der Waals surface area contributed by atoms with Gasteiger partial charge in [0.25, 0.3) is 0 Å². The van der Waals surface area contributed by atoms with Crippen molar-refractivity contribution in [3.63, 3.8) is 0 Å². The molecule has 0 heterocycles. The van der Waals surface area contributed by atoms with Gasteiger partial charge in [-0.05, 0) is 18.8 Å². The summed E-state index contributed by atoms with van der Waals surface area (Å²) in [5, 5.41) is 9.19. The molecule has 0 aliphatic carbocycles. The van der Waals surface area contributed by atoms with Crippen LogP contribution >= 0.6 is 0 Å². The third-order valence-corrected chi connectivity index (χ3v) is 3.74. The minimum atomic E-state index is -0.596. The summed E-state index contributed by atoms with van der Waals surface area (Å²) in [5.41, 5.74) is 0. The van der Waals surface area contributed by atoms with Gasteiger partial charge in [-0.15, -0.1) is 0 Å². The van der Waals surface area contributed by atoms with Gasteiger partial charge in [-0.3, -0.25) is 4.79 Å². The molecule has 2 unspecified atom stereocenters. The largest absolute Gasteiger partial charge is 0.481 e. The molecule has 0 spiro atoms. The Bertz CT molecular complexity index is 201. The minimum Gasteiger partial charge on any atom is -0.481 e. The van der Waals surface area contributed by atoms with Gasteiger partial charge in [-0.25, -0.2) is 0 Å². The van der Waals surface area contributed by atoms with Crippen molar-refractivity contribution in [2.75, 3.05) is 0 Å². The lowest BCUT2D eigenvalue weighted by molar-refractivity contribution is -0.142. The molecule has 2 nitrogen and oxygen atoms in total. The highest BCUT2D eigenvalue weighted by molar-refractivity contribution is 5.69. The van der Waals surface area contributed by atoms with Crippen molar-refractivity contribution in [3.8, 4) is 0 Å². The molecule has 18 heavy (non-hydrogen) atoms. The molecule has 2 atom stereocenters. The van der Waals surface area contributed by atoms with Crippen molar-refractivity contribution in [1.82, 2.24) is 0 Å². The lowest BCUT2D eigenvalue weighted by atomic mass is 9.88. The van der Waals surface area contributed by atoms with Crippen LogP contribution in [0.25, 0.3) is 0 Å². The summed E-state index contributed by atoms with van der Waals surface area (Å²) in [6, 6.07) is 0. The predicted octanol–water partition coefficient (Wildman–Crippen LogP) is 5.26. The second-order valence-corrected chi connectivity index (χ2v) is 5.72. The van der Waals surface area contributed by atoms with Crippen molar-refractivity contribution in [3.05, 3.63) is 0 Å². The summed E-state index contributed by atoms with van der Waals surface area (Å²) in [6.45, 7) is 6.56. The average molecular weight is 256 g/mol. The molecule has 0 saturated heterocycles. The molecule has 0 rings (SSSR count). The predicted molar refractivity (Wildman–Crippen MR) is 77.8 cm³/mol. The Morgan fingerprint density at radius 3 is 2.11 bits per heavy atom. The Hall–Kier alpha value is -0.530. The zero-order valence-corrected chi connectivity index (χ0v) is 12.6. The van der Waals surface area contributed by atoms with Gasteiger partial charge in [0.2, 0.25) is 0 Å². The standard InChI is InChI=1S/C16H32O2/c1-4-6-8-9-10-11-14(3)13-15(16(17)18)12-7-5-2/h14-15H,4-13H2,1-3H3,(H,17,18). The molecule has 0 radical (unpaired) electrons. The summed E-state index contributed by atoms with van der Waals surface area (Å²) in [4.78, 5) is 11.2. The summed E-state index contributed by atoms with van der Waals surface area (Å²) in [7, 11) is 0. The van der Waals surface area contributed by atoms with Crippen molar-refractivity contribution in [2.24, 2.45) is 11.8 Å². The minimum absolute atomic E-state index is 0.115. The van der Waals surface area contributed by atoms with Gasteiger partial charge >= 0.3 is 5.97 Å². The maximum Gasteiger partial charge on any atom is 0.306 e. The number of carbonyl (C=O) groups is 1. The van der Waals surface area contributed by atoms with Crippen molar-refractivity contribution in [2.45, 2.75) is 85.0 Å². The first-order valence-corrected chi connectivity index (χ1v) is 7.84. The van der Waals surface area contributed by atoms with Crippen LogP contribution in [0.1, 0.15) is 85.0 Å². The van der Waals surface area contributed by atoms with E-state index < -0.39 is 5.97 Å². The van der Waals surface area contributed by atoms with Crippen molar-refractivity contribution < 1.29 is 9.90 Å². The average Bonchev–Trinajstić information content (AvgIpc) is 2.33. The van der Waals surface area contributed by atoms with Crippen LogP contribution in [0.2, 0.25) is 0 Å². The van der Waals surface area contributed by atoms with Gasteiger partial charge in [0.05, 0.1) is 5.92 Å². The first-order chi connectivity index (χ1) is 8.61. The summed E-state index contributed by atoms with van der Waals surface area (Å²) in [6.07, 6.45) is 11.6. The smallest absolute Gasteiger partial charge is 0.306 e. The number of rotatable bonds is 12. The van der Waals surface area contributed by atoms with Crippen LogP contribution in [0.3, 0.4) is 0 Å². The Kier molecular flexibility index (Phi) is 11.2. The molecule has 108 valence electrons. The van der Waals surface area contributed by atoms with Crippen LogP contribution in [0.4, 0.5) is 0 Å². The van der Waals surface area contributed by atoms with E-state index in [1.165, 1.54) is 38.5 Å². The maximum atomic E-state index is 11.2. The van der Waals surface area contributed by atoms with Crippen molar-refractivity contribution >= 4 is 5.97 Å². The molecule has 0 fully saturated rings. The van der Waals surface area contributed by atoms with E-state index in [2.05, 4.69) is 20.8 Å². The third-order valence-electron chi connectivity index (χ3n) is 3.74. The van der Waals surface area contributed by atoms with E-state index in [1.807, 2.05) is 0 Å². The normalized spacial score (nSPS) is 14.4.